The van der Waals surface area contributed by atoms with Crippen LogP contribution in [0, 0.1) is 12.3 Å². The lowest BCUT2D eigenvalue weighted by molar-refractivity contribution is 0.0147. The molecule has 3 rings (SSSR count). The predicted molar refractivity (Wildman–Crippen MR) is 78.4 cm³/mol. The van der Waals surface area contributed by atoms with Gasteiger partial charge < -0.3 is 10.1 Å². The average molecular weight is 259 g/mol. The highest BCUT2D eigenvalue weighted by Crippen LogP contribution is 2.35. The zero-order valence-corrected chi connectivity index (χ0v) is 12.0. The summed E-state index contributed by atoms with van der Waals surface area (Å²) in [5.41, 5.74) is 3.36. The van der Waals surface area contributed by atoms with Crippen molar-refractivity contribution >= 4 is 0 Å². The third-order valence-electron chi connectivity index (χ3n) is 4.72. The number of rotatable bonds is 5. The van der Waals surface area contributed by atoms with Crippen molar-refractivity contribution in [2.75, 3.05) is 19.8 Å². The van der Waals surface area contributed by atoms with Crippen LogP contribution >= 0.6 is 0 Å². The number of hydrogen-bond donors (Lipinski definition) is 1. The Labute approximate surface area is 116 Å². The number of benzene rings is 1. The van der Waals surface area contributed by atoms with E-state index in [1.54, 1.807) is 0 Å². The molecule has 1 aliphatic heterocycles. The number of hydrogen-bond acceptors (Lipinski definition) is 2. The van der Waals surface area contributed by atoms with E-state index in [2.05, 4.69) is 36.5 Å². The standard InChI is InChI=1S/C17H25NO/c1-14-4-2-3-5-15(14)12-17(8-10-19-11-9-17)13-18-16-6-7-16/h2-5,16,18H,6-13H2,1H3. The van der Waals surface area contributed by atoms with Crippen LogP contribution < -0.4 is 5.32 Å². The molecule has 2 fully saturated rings. The van der Waals surface area contributed by atoms with Gasteiger partial charge in [-0.25, -0.2) is 0 Å². The van der Waals surface area contributed by atoms with Gasteiger partial charge in [-0.1, -0.05) is 24.3 Å². The fourth-order valence-electron chi connectivity index (χ4n) is 3.08. The van der Waals surface area contributed by atoms with Crippen molar-refractivity contribution in [3.05, 3.63) is 35.4 Å². The van der Waals surface area contributed by atoms with E-state index in [-0.39, 0.29) is 0 Å². The highest BCUT2D eigenvalue weighted by molar-refractivity contribution is 5.27. The molecule has 1 saturated heterocycles. The number of ether oxygens (including phenoxy) is 1. The fourth-order valence-corrected chi connectivity index (χ4v) is 3.08. The van der Waals surface area contributed by atoms with Crippen LogP contribution in [-0.2, 0) is 11.2 Å². The molecule has 1 aliphatic carbocycles. The third kappa shape index (κ3) is 3.37. The van der Waals surface area contributed by atoms with E-state index in [9.17, 15) is 0 Å². The lowest BCUT2D eigenvalue weighted by Crippen LogP contribution is -2.41. The van der Waals surface area contributed by atoms with E-state index in [0.717, 1.165) is 25.8 Å². The van der Waals surface area contributed by atoms with Crippen molar-refractivity contribution in [3.8, 4) is 0 Å². The largest absolute Gasteiger partial charge is 0.381 e. The molecule has 104 valence electrons. The van der Waals surface area contributed by atoms with E-state index >= 15 is 0 Å². The van der Waals surface area contributed by atoms with Gasteiger partial charge in [-0.2, -0.15) is 0 Å². The van der Waals surface area contributed by atoms with Crippen LogP contribution in [0.3, 0.4) is 0 Å². The van der Waals surface area contributed by atoms with Crippen molar-refractivity contribution in [3.63, 3.8) is 0 Å². The first kappa shape index (κ1) is 13.1. The summed E-state index contributed by atoms with van der Waals surface area (Å²) < 4.78 is 5.59. The normalized spacial score (nSPS) is 22.4. The van der Waals surface area contributed by atoms with Crippen LogP contribution in [0.25, 0.3) is 0 Å². The molecule has 1 heterocycles. The van der Waals surface area contributed by atoms with E-state index in [4.69, 9.17) is 4.74 Å². The van der Waals surface area contributed by atoms with Gasteiger partial charge in [0.15, 0.2) is 0 Å². The van der Waals surface area contributed by atoms with Crippen LogP contribution in [0.2, 0.25) is 0 Å². The molecule has 0 unspecified atom stereocenters. The number of aryl methyl sites for hydroxylation is 1. The summed E-state index contributed by atoms with van der Waals surface area (Å²) in [7, 11) is 0. The molecular weight excluding hydrogens is 234 g/mol. The minimum atomic E-state index is 0.410. The van der Waals surface area contributed by atoms with Crippen molar-refractivity contribution in [2.45, 2.75) is 45.1 Å². The second-order valence-electron chi connectivity index (χ2n) is 6.37. The van der Waals surface area contributed by atoms with Crippen molar-refractivity contribution in [2.24, 2.45) is 5.41 Å². The summed E-state index contributed by atoms with van der Waals surface area (Å²) in [6.45, 7) is 5.25. The summed E-state index contributed by atoms with van der Waals surface area (Å²) in [5.74, 6) is 0. The molecule has 0 radical (unpaired) electrons. The van der Waals surface area contributed by atoms with Crippen molar-refractivity contribution in [1.82, 2.24) is 5.32 Å². The van der Waals surface area contributed by atoms with Gasteiger partial charge in [0.2, 0.25) is 0 Å². The molecule has 0 bridgehead atoms. The first-order chi connectivity index (χ1) is 9.27. The Morgan fingerprint density at radius 1 is 1.21 bits per heavy atom. The quantitative estimate of drug-likeness (QED) is 0.877. The Bertz CT molecular complexity index is 419. The van der Waals surface area contributed by atoms with Crippen LogP contribution in [0.5, 0.6) is 0 Å². The van der Waals surface area contributed by atoms with E-state index in [0.29, 0.717) is 5.41 Å². The first-order valence-corrected chi connectivity index (χ1v) is 7.63. The van der Waals surface area contributed by atoms with E-state index in [1.165, 1.54) is 43.2 Å². The predicted octanol–water partition coefficient (Wildman–Crippen LogP) is 3.09. The third-order valence-corrected chi connectivity index (χ3v) is 4.72. The molecule has 0 amide bonds. The lowest BCUT2D eigenvalue weighted by atomic mass is 9.74. The van der Waals surface area contributed by atoms with Gasteiger partial charge >= 0.3 is 0 Å². The summed E-state index contributed by atoms with van der Waals surface area (Å²) >= 11 is 0. The molecule has 19 heavy (non-hydrogen) atoms. The second-order valence-corrected chi connectivity index (χ2v) is 6.37. The molecule has 0 atom stereocenters. The molecule has 1 aromatic rings. The van der Waals surface area contributed by atoms with Crippen molar-refractivity contribution in [1.29, 1.82) is 0 Å². The maximum atomic E-state index is 5.59. The maximum Gasteiger partial charge on any atom is 0.0471 e. The molecule has 0 spiro atoms. The minimum absolute atomic E-state index is 0.410. The highest BCUT2D eigenvalue weighted by Gasteiger charge is 2.34. The monoisotopic (exact) mass is 259 g/mol. The van der Waals surface area contributed by atoms with Crippen LogP contribution in [0.15, 0.2) is 24.3 Å². The van der Waals surface area contributed by atoms with Gasteiger partial charge in [-0.05, 0) is 55.6 Å². The first-order valence-electron chi connectivity index (χ1n) is 7.63. The molecule has 2 aliphatic rings. The maximum absolute atomic E-state index is 5.59. The molecule has 1 aromatic carbocycles. The highest BCUT2D eigenvalue weighted by atomic mass is 16.5. The topological polar surface area (TPSA) is 21.3 Å². The van der Waals surface area contributed by atoms with Crippen LogP contribution in [0.4, 0.5) is 0 Å². The molecular formula is C17H25NO. The van der Waals surface area contributed by atoms with E-state index in [1.807, 2.05) is 0 Å². The van der Waals surface area contributed by atoms with Crippen LogP contribution in [0.1, 0.15) is 36.8 Å². The van der Waals surface area contributed by atoms with Gasteiger partial charge in [0.25, 0.3) is 0 Å². The van der Waals surface area contributed by atoms with Gasteiger partial charge in [0.05, 0.1) is 0 Å². The van der Waals surface area contributed by atoms with Crippen molar-refractivity contribution < 1.29 is 4.74 Å². The van der Waals surface area contributed by atoms with Gasteiger partial charge in [0.1, 0.15) is 0 Å². The summed E-state index contributed by atoms with van der Waals surface area (Å²) in [6.07, 6.45) is 6.33. The zero-order chi connectivity index (χ0) is 13.1. The van der Waals surface area contributed by atoms with Crippen LogP contribution in [-0.4, -0.2) is 25.8 Å². The molecule has 1 saturated carbocycles. The summed E-state index contributed by atoms with van der Waals surface area (Å²) in [6, 6.07) is 9.64. The van der Waals surface area contributed by atoms with E-state index < -0.39 is 0 Å². The summed E-state index contributed by atoms with van der Waals surface area (Å²) in [5, 5.41) is 3.75. The molecule has 1 N–H and O–H groups in total. The molecule has 2 heteroatoms. The summed E-state index contributed by atoms with van der Waals surface area (Å²) in [4.78, 5) is 0. The minimum Gasteiger partial charge on any atom is -0.381 e. The van der Waals surface area contributed by atoms with Gasteiger partial charge in [-0.3, -0.25) is 0 Å². The molecule has 0 aromatic heterocycles. The smallest absolute Gasteiger partial charge is 0.0471 e. The number of nitrogens with one attached hydrogen (secondary N) is 1. The van der Waals surface area contributed by atoms with Gasteiger partial charge in [0, 0.05) is 25.8 Å². The SMILES string of the molecule is Cc1ccccc1CC1(CNC2CC2)CCOCC1. The second kappa shape index (κ2) is 5.64. The molecule has 2 nitrogen and oxygen atoms in total. The lowest BCUT2D eigenvalue weighted by Gasteiger charge is -2.38. The Morgan fingerprint density at radius 2 is 1.95 bits per heavy atom. The Balaban J connectivity index is 1.72. The zero-order valence-electron chi connectivity index (χ0n) is 12.0. The average Bonchev–Trinajstić information content (AvgIpc) is 3.25. The Kier molecular flexibility index (Phi) is 3.90. The van der Waals surface area contributed by atoms with Gasteiger partial charge in [-0.15, -0.1) is 0 Å². The Hall–Kier alpha value is -0.860. The fraction of sp³-hybridized carbons (Fsp3) is 0.647. The Morgan fingerprint density at radius 3 is 2.63 bits per heavy atom.